The third-order valence-electron chi connectivity index (χ3n) is 3.02. The van der Waals surface area contributed by atoms with E-state index in [1.165, 1.54) is 6.07 Å². The van der Waals surface area contributed by atoms with Crippen molar-refractivity contribution in [2.24, 2.45) is 0 Å². The molecule has 1 heterocycles. The Morgan fingerprint density at radius 1 is 1.19 bits per heavy atom. The Hall–Kier alpha value is -2.96. The van der Waals surface area contributed by atoms with Crippen molar-refractivity contribution >= 4 is 5.69 Å². The van der Waals surface area contributed by atoms with Crippen LogP contribution in [0.3, 0.4) is 0 Å². The van der Waals surface area contributed by atoms with Crippen molar-refractivity contribution in [1.82, 2.24) is 20.6 Å². The molecule has 0 aliphatic heterocycles. The second-order valence-corrected chi connectivity index (χ2v) is 4.42. The van der Waals surface area contributed by atoms with Crippen LogP contribution in [0.1, 0.15) is 5.56 Å². The number of hydrogen-bond donors (Lipinski definition) is 3. The van der Waals surface area contributed by atoms with Crippen molar-refractivity contribution in [3.8, 4) is 17.1 Å². The maximum atomic E-state index is 13.3. The maximum Gasteiger partial charge on any atom is 0.204 e. The highest BCUT2D eigenvalue weighted by atomic mass is 19.1. The van der Waals surface area contributed by atoms with Gasteiger partial charge >= 0.3 is 0 Å². The first-order chi connectivity index (χ1) is 10.2. The molecular formula is C14H12FN5O. The minimum atomic E-state index is -0.630. The summed E-state index contributed by atoms with van der Waals surface area (Å²) >= 11 is 0. The van der Waals surface area contributed by atoms with Gasteiger partial charge < -0.3 is 10.4 Å². The van der Waals surface area contributed by atoms with Crippen LogP contribution in [0.15, 0.2) is 42.5 Å². The average molecular weight is 285 g/mol. The second-order valence-electron chi connectivity index (χ2n) is 4.42. The summed E-state index contributed by atoms with van der Waals surface area (Å²) in [5.74, 6) is -0.471. The van der Waals surface area contributed by atoms with Crippen LogP contribution >= 0.6 is 0 Å². The van der Waals surface area contributed by atoms with E-state index in [2.05, 4.69) is 25.9 Å². The van der Waals surface area contributed by atoms with Gasteiger partial charge in [-0.25, -0.2) is 4.39 Å². The van der Waals surface area contributed by atoms with Crippen LogP contribution < -0.4 is 5.32 Å². The molecule has 6 nitrogen and oxygen atoms in total. The molecule has 21 heavy (non-hydrogen) atoms. The number of H-pyrrole nitrogens is 1. The molecule has 0 unspecified atom stereocenters. The highest BCUT2D eigenvalue weighted by Crippen LogP contribution is 2.23. The average Bonchev–Trinajstić information content (AvgIpc) is 3.03. The van der Waals surface area contributed by atoms with E-state index in [4.69, 9.17) is 0 Å². The van der Waals surface area contributed by atoms with Crippen LogP contribution in [0.2, 0.25) is 0 Å². The molecule has 2 aromatic carbocycles. The van der Waals surface area contributed by atoms with Crippen molar-refractivity contribution in [1.29, 1.82) is 0 Å². The van der Waals surface area contributed by atoms with Gasteiger partial charge in [0, 0.05) is 23.4 Å². The fourth-order valence-electron chi connectivity index (χ4n) is 1.95. The fraction of sp³-hybridized carbons (Fsp3) is 0.0714. The normalized spacial score (nSPS) is 10.5. The van der Waals surface area contributed by atoms with E-state index in [1.807, 2.05) is 24.3 Å². The zero-order valence-electron chi connectivity index (χ0n) is 10.9. The molecule has 0 aliphatic rings. The summed E-state index contributed by atoms with van der Waals surface area (Å²) < 4.78 is 13.3. The Morgan fingerprint density at radius 2 is 2.05 bits per heavy atom. The lowest BCUT2D eigenvalue weighted by Crippen LogP contribution is -2.00. The largest absolute Gasteiger partial charge is 0.505 e. The molecule has 0 amide bonds. The summed E-state index contributed by atoms with van der Waals surface area (Å²) in [5, 5.41) is 26.5. The number of tetrazole rings is 1. The summed E-state index contributed by atoms with van der Waals surface area (Å²) in [4.78, 5) is 0. The molecule has 106 valence electrons. The van der Waals surface area contributed by atoms with Crippen molar-refractivity contribution in [2.45, 2.75) is 6.54 Å². The van der Waals surface area contributed by atoms with Gasteiger partial charge in [-0.05, 0) is 23.4 Å². The number of aromatic hydroxyl groups is 1. The number of nitrogens with zero attached hydrogens (tertiary/aromatic N) is 3. The SMILES string of the molecule is Oc1c(F)cccc1CNc1cccc(-c2nn[nH]n2)c1. The third kappa shape index (κ3) is 2.81. The molecule has 0 fully saturated rings. The second kappa shape index (κ2) is 5.58. The molecule has 3 aromatic rings. The number of rotatable bonds is 4. The lowest BCUT2D eigenvalue weighted by molar-refractivity contribution is 0.427. The standard InChI is InChI=1S/C14H12FN5O/c15-12-6-2-4-10(13(12)21)8-16-11-5-1-3-9(7-11)14-17-19-20-18-14/h1-7,16,21H,8H2,(H,17,18,19,20). The smallest absolute Gasteiger partial charge is 0.204 e. The van der Waals surface area contributed by atoms with Crippen molar-refractivity contribution in [3.63, 3.8) is 0 Å². The number of phenolic OH excluding ortho intramolecular Hbond substituents is 1. The lowest BCUT2D eigenvalue weighted by Gasteiger charge is -2.09. The van der Waals surface area contributed by atoms with Gasteiger partial charge in [-0.3, -0.25) is 0 Å². The van der Waals surface area contributed by atoms with Crippen LogP contribution in [0.5, 0.6) is 5.75 Å². The molecule has 3 N–H and O–H groups in total. The van der Waals surface area contributed by atoms with Crippen molar-refractivity contribution in [3.05, 3.63) is 53.8 Å². The Kier molecular flexibility index (Phi) is 3.46. The number of benzene rings is 2. The minimum absolute atomic E-state index is 0.305. The highest BCUT2D eigenvalue weighted by molar-refractivity contribution is 5.61. The summed E-state index contributed by atoms with van der Waals surface area (Å²) in [6.45, 7) is 0.305. The van der Waals surface area contributed by atoms with E-state index in [0.29, 0.717) is 17.9 Å². The number of nitrogens with one attached hydrogen (secondary N) is 2. The van der Waals surface area contributed by atoms with Gasteiger partial charge in [-0.15, -0.1) is 10.2 Å². The third-order valence-corrected chi connectivity index (χ3v) is 3.02. The first-order valence-corrected chi connectivity index (χ1v) is 6.28. The zero-order chi connectivity index (χ0) is 14.7. The predicted molar refractivity (Wildman–Crippen MR) is 75.0 cm³/mol. The van der Waals surface area contributed by atoms with Crippen molar-refractivity contribution in [2.75, 3.05) is 5.32 Å². The van der Waals surface area contributed by atoms with Crippen LogP contribution in [-0.2, 0) is 6.54 Å². The van der Waals surface area contributed by atoms with Crippen LogP contribution in [0.4, 0.5) is 10.1 Å². The minimum Gasteiger partial charge on any atom is -0.505 e. The van der Waals surface area contributed by atoms with Gasteiger partial charge in [0.15, 0.2) is 11.6 Å². The van der Waals surface area contributed by atoms with Gasteiger partial charge in [0.05, 0.1) is 0 Å². The number of halogens is 1. The predicted octanol–water partition coefficient (Wildman–Crippen LogP) is 2.32. The van der Waals surface area contributed by atoms with Gasteiger partial charge in [-0.2, -0.15) is 5.21 Å². The quantitative estimate of drug-likeness (QED) is 0.685. The number of aromatic amines is 1. The molecular weight excluding hydrogens is 273 g/mol. The molecule has 0 spiro atoms. The lowest BCUT2D eigenvalue weighted by atomic mass is 10.1. The van der Waals surface area contributed by atoms with Gasteiger partial charge in [0.2, 0.25) is 5.82 Å². The number of phenols is 1. The molecule has 0 bridgehead atoms. The number of aromatic nitrogens is 4. The molecule has 0 aliphatic carbocycles. The Bertz CT molecular complexity index is 745. The first kappa shape index (κ1) is 13.0. The summed E-state index contributed by atoms with van der Waals surface area (Å²) in [5.41, 5.74) is 2.10. The number of hydrogen-bond acceptors (Lipinski definition) is 5. The molecule has 0 saturated carbocycles. The molecule has 1 aromatic heterocycles. The topological polar surface area (TPSA) is 86.7 Å². The molecule has 3 rings (SSSR count). The van der Waals surface area contributed by atoms with E-state index in [9.17, 15) is 9.50 Å². The van der Waals surface area contributed by atoms with Gasteiger partial charge in [0.1, 0.15) is 0 Å². The van der Waals surface area contributed by atoms with Gasteiger partial charge in [0.25, 0.3) is 0 Å². The van der Waals surface area contributed by atoms with E-state index in [0.717, 1.165) is 11.3 Å². The molecule has 7 heteroatoms. The number of anilines is 1. The monoisotopic (exact) mass is 285 g/mol. The zero-order valence-corrected chi connectivity index (χ0v) is 10.9. The summed E-state index contributed by atoms with van der Waals surface area (Å²) in [6.07, 6.45) is 0. The van der Waals surface area contributed by atoms with Crippen LogP contribution in [0.25, 0.3) is 11.4 Å². The maximum absolute atomic E-state index is 13.3. The summed E-state index contributed by atoms with van der Waals surface area (Å²) in [6, 6.07) is 11.8. The molecule has 0 saturated heterocycles. The van der Waals surface area contributed by atoms with Crippen LogP contribution in [-0.4, -0.2) is 25.7 Å². The van der Waals surface area contributed by atoms with E-state index in [1.54, 1.807) is 12.1 Å². The van der Waals surface area contributed by atoms with E-state index < -0.39 is 5.82 Å². The fourth-order valence-corrected chi connectivity index (χ4v) is 1.95. The Labute approximate surface area is 119 Å². The Morgan fingerprint density at radius 3 is 2.86 bits per heavy atom. The van der Waals surface area contributed by atoms with E-state index >= 15 is 0 Å². The van der Waals surface area contributed by atoms with Gasteiger partial charge in [-0.1, -0.05) is 24.3 Å². The van der Waals surface area contributed by atoms with Crippen molar-refractivity contribution < 1.29 is 9.50 Å². The molecule has 0 atom stereocenters. The summed E-state index contributed by atoms with van der Waals surface area (Å²) in [7, 11) is 0. The molecule has 0 radical (unpaired) electrons. The highest BCUT2D eigenvalue weighted by Gasteiger charge is 2.07. The van der Waals surface area contributed by atoms with Crippen LogP contribution in [0, 0.1) is 5.82 Å². The number of para-hydroxylation sites is 1. The van der Waals surface area contributed by atoms with E-state index in [-0.39, 0.29) is 5.75 Å². The first-order valence-electron chi connectivity index (χ1n) is 6.28. The Balaban J connectivity index is 1.77.